The van der Waals surface area contributed by atoms with Gasteiger partial charge in [-0.3, -0.25) is 9.59 Å². The van der Waals surface area contributed by atoms with Crippen molar-refractivity contribution in [1.82, 2.24) is 10.6 Å². The van der Waals surface area contributed by atoms with Crippen molar-refractivity contribution < 1.29 is 18.7 Å². The third-order valence-electron chi connectivity index (χ3n) is 3.30. The third kappa shape index (κ3) is 1.88. The molecule has 3 atom stereocenters. The largest absolute Gasteiger partial charge is 0.467 e. The fourth-order valence-corrected chi connectivity index (χ4v) is 2.27. The molecule has 3 rings (SSSR count). The van der Waals surface area contributed by atoms with Crippen molar-refractivity contribution >= 4 is 11.9 Å². The van der Waals surface area contributed by atoms with Gasteiger partial charge in [-0.2, -0.15) is 0 Å². The number of amides is 1. The Balaban J connectivity index is 1.64. The van der Waals surface area contributed by atoms with Gasteiger partial charge in [0.15, 0.2) is 0 Å². The molecule has 0 saturated carbocycles. The smallest absolute Gasteiger partial charge is 0.324 e. The highest BCUT2D eigenvalue weighted by Gasteiger charge is 2.46. The van der Waals surface area contributed by atoms with Gasteiger partial charge in [0.05, 0.1) is 6.26 Å². The fraction of sp³-hybridized carbons (Fsp3) is 0.500. The number of hydrogen-bond donors (Lipinski definition) is 2. The van der Waals surface area contributed by atoms with Crippen molar-refractivity contribution in [3.63, 3.8) is 0 Å². The van der Waals surface area contributed by atoms with E-state index in [9.17, 15) is 9.59 Å². The summed E-state index contributed by atoms with van der Waals surface area (Å²) in [5.41, 5.74) is 0. The normalized spacial score (nSPS) is 30.7. The van der Waals surface area contributed by atoms with Gasteiger partial charge in [0.1, 0.15) is 17.8 Å². The van der Waals surface area contributed by atoms with Gasteiger partial charge in [0.2, 0.25) is 6.10 Å². The van der Waals surface area contributed by atoms with E-state index in [1.165, 1.54) is 6.26 Å². The Morgan fingerprint density at radius 3 is 3.00 bits per heavy atom. The van der Waals surface area contributed by atoms with E-state index in [0.29, 0.717) is 5.76 Å². The lowest BCUT2D eigenvalue weighted by atomic mass is 9.99. The minimum absolute atomic E-state index is 0.275. The van der Waals surface area contributed by atoms with E-state index in [4.69, 9.17) is 9.15 Å². The number of carbonyl (C=O) groups excluding carboxylic acids is 2. The first-order chi connectivity index (χ1) is 8.75. The highest BCUT2D eigenvalue weighted by atomic mass is 16.6. The Morgan fingerprint density at radius 2 is 2.39 bits per heavy atom. The second-order valence-corrected chi connectivity index (χ2v) is 4.51. The first-order valence-electron chi connectivity index (χ1n) is 6.03. The molecule has 96 valence electrons. The molecule has 6 heteroatoms. The Morgan fingerprint density at radius 1 is 1.50 bits per heavy atom. The first kappa shape index (κ1) is 11.3. The summed E-state index contributed by atoms with van der Waals surface area (Å²) in [6.07, 6.45) is 2.47. The minimum Gasteiger partial charge on any atom is -0.467 e. The topological polar surface area (TPSA) is 80.6 Å². The average Bonchev–Trinajstić information content (AvgIpc) is 3.04. The number of ether oxygens (including phenoxy) is 1. The summed E-state index contributed by atoms with van der Waals surface area (Å²) in [4.78, 5) is 23.2. The summed E-state index contributed by atoms with van der Waals surface area (Å²) in [6, 6.07) is 2.84. The maximum absolute atomic E-state index is 11.8. The van der Waals surface area contributed by atoms with E-state index >= 15 is 0 Å². The highest BCUT2D eigenvalue weighted by Crippen LogP contribution is 2.28. The molecular formula is C12H14N2O4. The Kier molecular flexibility index (Phi) is 2.79. The van der Waals surface area contributed by atoms with Gasteiger partial charge in [0, 0.05) is 0 Å². The van der Waals surface area contributed by atoms with Crippen LogP contribution in [0.1, 0.15) is 24.6 Å². The molecule has 0 aromatic carbocycles. The van der Waals surface area contributed by atoms with Crippen molar-refractivity contribution in [3.8, 4) is 0 Å². The zero-order valence-electron chi connectivity index (χ0n) is 9.72. The minimum atomic E-state index is -0.772. The third-order valence-corrected chi connectivity index (χ3v) is 3.30. The van der Waals surface area contributed by atoms with Crippen molar-refractivity contribution in [2.24, 2.45) is 0 Å². The van der Waals surface area contributed by atoms with Crippen molar-refractivity contribution in [3.05, 3.63) is 24.2 Å². The summed E-state index contributed by atoms with van der Waals surface area (Å²) in [5, 5.41) is 5.71. The number of esters is 1. The molecule has 18 heavy (non-hydrogen) atoms. The van der Waals surface area contributed by atoms with Gasteiger partial charge in [-0.1, -0.05) is 0 Å². The van der Waals surface area contributed by atoms with Crippen LogP contribution < -0.4 is 10.6 Å². The van der Waals surface area contributed by atoms with Crippen LogP contribution in [0, 0.1) is 0 Å². The van der Waals surface area contributed by atoms with Crippen LogP contribution in [0.15, 0.2) is 22.8 Å². The van der Waals surface area contributed by atoms with Crippen LogP contribution in [0.4, 0.5) is 0 Å². The number of rotatable bonds is 3. The first-order valence-corrected chi connectivity index (χ1v) is 6.03. The Bertz CT molecular complexity index is 451. The van der Waals surface area contributed by atoms with E-state index in [0.717, 1.165) is 19.4 Å². The molecular weight excluding hydrogens is 236 g/mol. The number of carbonyl (C=O) groups is 2. The van der Waals surface area contributed by atoms with E-state index in [-0.39, 0.29) is 24.0 Å². The standard InChI is InChI=1S/C12H14N2O4/c15-11-10(9(14-11)8-4-2-6-17-8)18-12(16)7-3-1-5-13-7/h2,4,6-7,9-10,13H,1,3,5H2,(H,14,15). The number of nitrogens with one attached hydrogen (secondary N) is 2. The van der Waals surface area contributed by atoms with Crippen molar-refractivity contribution in [2.75, 3.05) is 6.54 Å². The molecule has 2 aliphatic heterocycles. The lowest BCUT2D eigenvalue weighted by Crippen LogP contribution is -2.58. The van der Waals surface area contributed by atoms with E-state index in [2.05, 4.69) is 10.6 Å². The summed E-state index contributed by atoms with van der Waals surface area (Å²) < 4.78 is 10.4. The predicted molar refractivity (Wildman–Crippen MR) is 60.5 cm³/mol. The number of hydrogen-bond acceptors (Lipinski definition) is 5. The fourth-order valence-electron chi connectivity index (χ4n) is 2.27. The molecule has 0 bridgehead atoms. The molecule has 2 saturated heterocycles. The van der Waals surface area contributed by atoms with Crippen LogP contribution in [-0.2, 0) is 14.3 Å². The lowest BCUT2D eigenvalue weighted by molar-refractivity contribution is -0.168. The lowest BCUT2D eigenvalue weighted by Gasteiger charge is -2.34. The van der Waals surface area contributed by atoms with E-state index in [1.807, 2.05) is 0 Å². The maximum atomic E-state index is 11.8. The molecule has 3 heterocycles. The summed E-state index contributed by atoms with van der Waals surface area (Å²) in [5.74, 6) is -0.0292. The van der Waals surface area contributed by atoms with Crippen molar-refractivity contribution in [1.29, 1.82) is 0 Å². The maximum Gasteiger partial charge on any atom is 0.324 e. The van der Waals surface area contributed by atoms with Crippen LogP contribution >= 0.6 is 0 Å². The molecule has 1 aromatic rings. The monoisotopic (exact) mass is 250 g/mol. The molecule has 6 nitrogen and oxygen atoms in total. The highest BCUT2D eigenvalue weighted by molar-refractivity contribution is 5.91. The van der Waals surface area contributed by atoms with Crippen molar-refractivity contribution in [2.45, 2.75) is 31.0 Å². The number of furan rings is 1. The van der Waals surface area contributed by atoms with Crippen LogP contribution in [0.3, 0.4) is 0 Å². The van der Waals surface area contributed by atoms with Crippen LogP contribution in [-0.4, -0.2) is 30.6 Å². The number of β-lactam (4-membered cyclic amide) rings is 1. The van der Waals surface area contributed by atoms with Gasteiger partial charge in [-0.15, -0.1) is 0 Å². The summed E-state index contributed by atoms with van der Waals surface area (Å²) in [6.45, 7) is 0.818. The summed E-state index contributed by atoms with van der Waals surface area (Å²) >= 11 is 0. The van der Waals surface area contributed by atoms with E-state index in [1.54, 1.807) is 12.1 Å². The van der Waals surface area contributed by atoms with Crippen LogP contribution in [0.2, 0.25) is 0 Å². The molecule has 0 aliphatic carbocycles. The van der Waals surface area contributed by atoms with Gasteiger partial charge < -0.3 is 19.8 Å². The molecule has 0 radical (unpaired) electrons. The molecule has 2 N–H and O–H groups in total. The summed E-state index contributed by atoms with van der Waals surface area (Å²) in [7, 11) is 0. The van der Waals surface area contributed by atoms with Gasteiger partial charge in [0.25, 0.3) is 5.91 Å². The van der Waals surface area contributed by atoms with Gasteiger partial charge in [-0.25, -0.2) is 0 Å². The van der Waals surface area contributed by atoms with Gasteiger partial charge in [-0.05, 0) is 31.5 Å². The molecule has 0 spiro atoms. The van der Waals surface area contributed by atoms with Gasteiger partial charge >= 0.3 is 5.97 Å². The SMILES string of the molecule is O=C(OC1C(=O)NC1c1ccco1)C1CCCN1. The average molecular weight is 250 g/mol. The second-order valence-electron chi connectivity index (χ2n) is 4.51. The molecule has 1 aromatic heterocycles. The predicted octanol–water partition coefficient (Wildman–Crippen LogP) is 0.114. The van der Waals surface area contributed by atoms with Crippen LogP contribution in [0.25, 0.3) is 0 Å². The molecule has 1 amide bonds. The molecule has 2 aliphatic rings. The Hall–Kier alpha value is -1.82. The molecule has 3 unspecified atom stereocenters. The Labute approximate surface area is 104 Å². The zero-order valence-corrected chi connectivity index (χ0v) is 9.72. The second kappa shape index (κ2) is 4.45. The molecule has 2 fully saturated rings. The van der Waals surface area contributed by atoms with E-state index < -0.39 is 6.10 Å². The van der Waals surface area contributed by atoms with Crippen LogP contribution in [0.5, 0.6) is 0 Å². The quantitative estimate of drug-likeness (QED) is 0.588. The zero-order chi connectivity index (χ0) is 12.5.